The minimum Gasteiger partial charge on any atom is -0.334 e. The van der Waals surface area contributed by atoms with E-state index in [-0.39, 0.29) is 29.4 Å². The van der Waals surface area contributed by atoms with Crippen molar-refractivity contribution in [2.24, 2.45) is 5.73 Å². The van der Waals surface area contributed by atoms with Crippen LogP contribution in [0.15, 0.2) is 18.2 Å². The predicted octanol–water partition coefficient (Wildman–Crippen LogP) is 2.85. The van der Waals surface area contributed by atoms with Crippen molar-refractivity contribution in [3.63, 3.8) is 0 Å². The average Bonchev–Trinajstić information content (AvgIpc) is 2.41. The van der Waals surface area contributed by atoms with Crippen molar-refractivity contribution in [3.05, 3.63) is 34.6 Å². The second-order valence-corrected chi connectivity index (χ2v) is 4.92. The van der Waals surface area contributed by atoms with Crippen LogP contribution in [-0.2, 0) is 0 Å². The third kappa shape index (κ3) is 3.59. The Morgan fingerprint density at radius 1 is 1.47 bits per heavy atom. The maximum absolute atomic E-state index is 13.4. The number of rotatable bonds is 2. The molecule has 3 nitrogen and oxygen atoms in total. The Bertz CT molecular complexity index is 456. The molecule has 0 bridgehead atoms. The van der Waals surface area contributed by atoms with E-state index in [4.69, 9.17) is 17.3 Å². The number of carbonyl (C=O) groups excluding carboxylic acids is 1. The minimum absolute atomic E-state index is 0. The largest absolute Gasteiger partial charge is 0.334 e. The molecule has 0 spiro atoms. The molecule has 2 N–H and O–H groups in total. The van der Waals surface area contributed by atoms with Gasteiger partial charge in [0.15, 0.2) is 0 Å². The summed E-state index contributed by atoms with van der Waals surface area (Å²) in [4.78, 5) is 14.0. The molecule has 1 heterocycles. The fourth-order valence-electron chi connectivity index (χ4n) is 2.31. The Balaban J connectivity index is 0.00000180. The van der Waals surface area contributed by atoms with Crippen molar-refractivity contribution >= 4 is 29.9 Å². The lowest BCUT2D eigenvalue weighted by atomic mass is 10.0. The molecule has 1 fully saturated rings. The molecule has 1 aromatic rings. The van der Waals surface area contributed by atoms with Crippen LogP contribution in [0, 0.1) is 5.82 Å². The number of nitrogens with zero attached hydrogens (tertiary/aromatic N) is 1. The van der Waals surface area contributed by atoms with Gasteiger partial charge in [-0.2, -0.15) is 0 Å². The summed E-state index contributed by atoms with van der Waals surface area (Å²) in [6, 6.07) is 4.21. The highest BCUT2D eigenvalue weighted by Crippen LogP contribution is 2.21. The summed E-state index contributed by atoms with van der Waals surface area (Å²) >= 11 is 5.61. The number of amides is 1. The van der Waals surface area contributed by atoms with Crippen LogP contribution in [0.3, 0.4) is 0 Å². The Kier molecular flexibility index (Phi) is 6.04. The van der Waals surface area contributed by atoms with E-state index in [0.29, 0.717) is 18.7 Å². The maximum atomic E-state index is 13.4. The SMILES string of the molecule is Cl.NCC1CCCCN1C(=O)c1ccc(Cl)c(F)c1. The number of nitrogens with two attached hydrogens (primary N) is 1. The van der Waals surface area contributed by atoms with Gasteiger partial charge in [0.1, 0.15) is 5.82 Å². The first-order valence-corrected chi connectivity index (χ1v) is 6.47. The first-order chi connectivity index (χ1) is 8.63. The van der Waals surface area contributed by atoms with Gasteiger partial charge in [-0.1, -0.05) is 11.6 Å². The van der Waals surface area contributed by atoms with Gasteiger partial charge in [0.2, 0.25) is 0 Å². The predicted molar refractivity (Wildman–Crippen MR) is 76.4 cm³/mol. The molecule has 1 saturated heterocycles. The molecule has 1 amide bonds. The van der Waals surface area contributed by atoms with Crippen LogP contribution in [0.25, 0.3) is 0 Å². The van der Waals surface area contributed by atoms with Crippen molar-refractivity contribution < 1.29 is 9.18 Å². The smallest absolute Gasteiger partial charge is 0.254 e. The topological polar surface area (TPSA) is 46.3 Å². The van der Waals surface area contributed by atoms with Gasteiger partial charge in [-0.25, -0.2) is 4.39 Å². The van der Waals surface area contributed by atoms with Crippen molar-refractivity contribution in [1.82, 2.24) is 4.90 Å². The zero-order chi connectivity index (χ0) is 13.1. The van der Waals surface area contributed by atoms with Gasteiger partial charge in [-0.3, -0.25) is 4.79 Å². The van der Waals surface area contributed by atoms with Gasteiger partial charge in [0.25, 0.3) is 5.91 Å². The van der Waals surface area contributed by atoms with Crippen LogP contribution in [0.4, 0.5) is 4.39 Å². The Labute approximate surface area is 123 Å². The molecule has 0 radical (unpaired) electrons. The van der Waals surface area contributed by atoms with Gasteiger partial charge >= 0.3 is 0 Å². The van der Waals surface area contributed by atoms with E-state index in [1.807, 2.05) is 0 Å². The quantitative estimate of drug-likeness (QED) is 0.913. The standard InChI is InChI=1S/C13H16ClFN2O.ClH/c14-11-5-4-9(7-12(11)15)13(18)17-6-2-1-3-10(17)8-16;/h4-5,7,10H,1-3,6,8,16H2;1H. The third-order valence-electron chi connectivity index (χ3n) is 3.33. The van der Waals surface area contributed by atoms with E-state index < -0.39 is 5.82 Å². The summed E-state index contributed by atoms with van der Waals surface area (Å²) in [5.41, 5.74) is 6.01. The highest BCUT2D eigenvalue weighted by molar-refractivity contribution is 6.30. The zero-order valence-corrected chi connectivity index (χ0v) is 12.0. The summed E-state index contributed by atoms with van der Waals surface area (Å²) in [5, 5.41) is 0.0283. The Hall–Kier alpha value is -0.840. The van der Waals surface area contributed by atoms with Crippen LogP contribution in [0.1, 0.15) is 29.6 Å². The number of benzene rings is 1. The first kappa shape index (κ1) is 16.2. The summed E-state index contributed by atoms with van der Waals surface area (Å²) in [6.07, 6.45) is 2.97. The summed E-state index contributed by atoms with van der Waals surface area (Å²) in [7, 11) is 0. The number of likely N-dealkylation sites (tertiary alicyclic amines) is 1. The van der Waals surface area contributed by atoms with Gasteiger partial charge in [-0.15, -0.1) is 12.4 Å². The number of hydrogen-bond acceptors (Lipinski definition) is 2. The van der Waals surface area contributed by atoms with E-state index in [2.05, 4.69) is 0 Å². The minimum atomic E-state index is -0.566. The number of halogens is 3. The summed E-state index contributed by atoms with van der Waals surface area (Å²) in [6.45, 7) is 1.13. The van der Waals surface area contributed by atoms with E-state index in [1.54, 1.807) is 11.0 Å². The maximum Gasteiger partial charge on any atom is 0.254 e. The molecule has 2 rings (SSSR count). The lowest BCUT2D eigenvalue weighted by Gasteiger charge is -2.35. The Morgan fingerprint density at radius 3 is 2.84 bits per heavy atom. The second kappa shape index (κ2) is 7.08. The summed E-state index contributed by atoms with van der Waals surface area (Å²) < 4.78 is 13.4. The van der Waals surface area contributed by atoms with Crippen LogP contribution in [0.5, 0.6) is 0 Å². The van der Waals surface area contributed by atoms with Crippen molar-refractivity contribution in [1.29, 1.82) is 0 Å². The average molecular weight is 307 g/mol. The normalized spacial score (nSPS) is 18.9. The van der Waals surface area contributed by atoms with E-state index in [0.717, 1.165) is 19.3 Å². The molecule has 1 aliphatic heterocycles. The van der Waals surface area contributed by atoms with Crippen molar-refractivity contribution in [3.8, 4) is 0 Å². The Morgan fingerprint density at radius 2 is 2.21 bits per heavy atom. The zero-order valence-electron chi connectivity index (χ0n) is 10.4. The van der Waals surface area contributed by atoms with E-state index >= 15 is 0 Å². The van der Waals surface area contributed by atoms with Crippen LogP contribution < -0.4 is 5.73 Å². The lowest BCUT2D eigenvalue weighted by Crippen LogP contribution is -2.47. The number of piperidine rings is 1. The van der Waals surface area contributed by atoms with Crippen LogP contribution in [0.2, 0.25) is 5.02 Å². The van der Waals surface area contributed by atoms with Crippen LogP contribution >= 0.6 is 24.0 Å². The molecule has 0 saturated carbocycles. The van der Waals surface area contributed by atoms with Crippen molar-refractivity contribution in [2.75, 3.05) is 13.1 Å². The fraction of sp³-hybridized carbons (Fsp3) is 0.462. The van der Waals surface area contributed by atoms with E-state index in [9.17, 15) is 9.18 Å². The first-order valence-electron chi connectivity index (χ1n) is 6.09. The molecule has 0 aromatic heterocycles. The monoisotopic (exact) mass is 306 g/mol. The van der Waals surface area contributed by atoms with Crippen LogP contribution in [-0.4, -0.2) is 29.9 Å². The van der Waals surface area contributed by atoms with Gasteiger partial charge in [0.05, 0.1) is 5.02 Å². The number of carbonyl (C=O) groups is 1. The lowest BCUT2D eigenvalue weighted by molar-refractivity contribution is 0.0623. The molecular weight excluding hydrogens is 290 g/mol. The molecule has 106 valence electrons. The van der Waals surface area contributed by atoms with Gasteiger partial charge in [-0.05, 0) is 37.5 Å². The van der Waals surface area contributed by atoms with Gasteiger partial charge < -0.3 is 10.6 Å². The molecule has 1 unspecified atom stereocenters. The number of hydrogen-bond donors (Lipinski definition) is 1. The molecule has 0 aliphatic carbocycles. The second-order valence-electron chi connectivity index (χ2n) is 4.51. The molecular formula is C13H17Cl2FN2O. The highest BCUT2D eigenvalue weighted by atomic mass is 35.5. The molecule has 19 heavy (non-hydrogen) atoms. The molecule has 1 atom stereocenters. The summed E-state index contributed by atoms with van der Waals surface area (Å²) in [5.74, 6) is -0.732. The molecule has 6 heteroatoms. The highest BCUT2D eigenvalue weighted by Gasteiger charge is 2.26. The fourth-order valence-corrected chi connectivity index (χ4v) is 2.43. The van der Waals surface area contributed by atoms with Crippen molar-refractivity contribution in [2.45, 2.75) is 25.3 Å². The third-order valence-corrected chi connectivity index (χ3v) is 3.63. The molecule has 1 aromatic carbocycles. The van der Waals surface area contributed by atoms with Gasteiger partial charge in [0, 0.05) is 24.7 Å². The molecule has 1 aliphatic rings. The van der Waals surface area contributed by atoms with E-state index in [1.165, 1.54) is 12.1 Å².